The zero-order chi connectivity index (χ0) is 44.3. The van der Waals surface area contributed by atoms with Crippen LogP contribution in [0.1, 0.15) is 36.8 Å². The Bertz CT molecular complexity index is 3630. The maximum atomic E-state index is 2.54. The van der Waals surface area contributed by atoms with Crippen molar-refractivity contribution in [3.63, 3.8) is 0 Å². The lowest BCUT2D eigenvalue weighted by Gasteiger charge is -2.31. The second kappa shape index (κ2) is 16.0. The highest BCUT2D eigenvalue weighted by Crippen LogP contribution is 2.58. The van der Waals surface area contributed by atoms with E-state index >= 15 is 0 Å². The molecule has 2 nitrogen and oxygen atoms in total. The molecule has 318 valence electrons. The Hall–Kier alpha value is -8.20. The minimum atomic E-state index is 0.0472. The molecule has 0 radical (unpaired) electrons. The molecule has 0 amide bonds. The van der Waals surface area contributed by atoms with Crippen molar-refractivity contribution in [2.24, 2.45) is 0 Å². The van der Waals surface area contributed by atoms with Crippen LogP contribution >= 0.6 is 0 Å². The average molecular weight is 857 g/mol. The van der Waals surface area contributed by atoms with E-state index in [0.29, 0.717) is 0 Å². The zero-order valence-corrected chi connectivity index (χ0v) is 37.3. The first-order valence-corrected chi connectivity index (χ1v) is 23.8. The number of fused-ring (bicyclic) bond motifs is 8. The van der Waals surface area contributed by atoms with Crippen LogP contribution in [0.15, 0.2) is 243 Å². The number of anilines is 3. The zero-order valence-electron chi connectivity index (χ0n) is 37.3. The molecule has 67 heavy (non-hydrogen) atoms. The molecule has 2 heteroatoms. The molecular formula is C65H48N2. The fraction of sp³-hybridized carbons (Fsp3) is 0.0769. The molecule has 1 saturated carbocycles. The van der Waals surface area contributed by atoms with Gasteiger partial charge in [0.15, 0.2) is 0 Å². The molecule has 1 fully saturated rings. The van der Waals surface area contributed by atoms with Crippen molar-refractivity contribution in [3.8, 4) is 61.3 Å². The maximum Gasteiger partial charge on any atom is 0.0547 e. The Morgan fingerprint density at radius 3 is 1.63 bits per heavy atom. The third-order valence-corrected chi connectivity index (χ3v) is 14.8. The SMILES string of the molecule is c1ccc(-c2ccccc2-c2ccccc2-c2ccccc2N(c2ccc(-c3ccc4c5ccccc5n(-c5ccccc5)c4c3)cc2)c2ccc3c(c2)C2(CCCC2)c2ccccc2-3)cc1. The lowest BCUT2D eigenvalue weighted by molar-refractivity contribution is 0.550. The quantitative estimate of drug-likeness (QED) is 0.148. The summed E-state index contributed by atoms with van der Waals surface area (Å²) in [6, 6.07) is 89.8. The summed E-state index contributed by atoms with van der Waals surface area (Å²) in [6.45, 7) is 0. The van der Waals surface area contributed by atoms with Crippen molar-refractivity contribution in [3.05, 3.63) is 254 Å². The van der Waals surface area contributed by atoms with Crippen molar-refractivity contribution in [1.29, 1.82) is 0 Å². The van der Waals surface area contributed by atoms with Gasteiger partial charge in [-0.25, -0.2) is 0 Å². The van der Waals surface area contributed by atoms with Crippen LogP contribution in [-0.4, -0.2) is 4.57 Å². The van der Waals surface area contributed by atoms with E-state index in [2.05, 4.69) is 252 Å². The molecule has 0 aliphatic heterocycles. The molecule has 11 aromatic rings. The molecule has 0 unspecified atom stereocenters. The molecule has 13 rings (SSSR count). The first-order chi connectivity index (χ1) is 33.2. The Morgan fingerprint density at radius 2 is 0.866 bits per heavy atom. The third-order valence-electron chi connectivity index (χ3n) is 14.8. The molecule has 10 aromatic carbocycles. The number of para-hydroxylation sites is 3. The van der Waals surface area contributed by atoms with E-state index < -0.39 is 0 Å². The van der Waals surface area contributed by atoms with Crippen LogP contribution in [0.2, 0.25) is 0 Å². The topological polar surface area (TPSA) is 8.17 Å². The highest BCUT2D eigenvalue weighted by Gasteiger charge is 2.45. The van der Waals surface area contributed by atoms with Crippen LogP contribution < -0.4 is 4.90 Å². The number of rotatable bonds is 8. The van der Waals surface area contributed by atoms with E-state index in [1.807, 2.05) is 0 Å². The van der Waals surface area contributed by atoms with E-state index in [9.17, 15) is 0 Å². The van der Waals surface area contributed by atoms with Crippen LogP contribution in [-0.2, 0) is 5.41 Å². The van der Waals surface area contributed by atoms with Gasteiger partial charge in [0.2, 0.25) is 0 Å². The van der Waals surface area contributed by atoms with E-state index in [1.165, 1.54) is 120 Å². The highest BCUT2D eigenvalue weighted by molar-refractivity contribution is 6.10. The van der Waals surface area contributed by atoms with E-state index in [0.717, 1.165) is 17.1 Å². The molecule has 1 heterocycles. The van der Waals surface area contributed by atoms with Crippen LogP contribution in [0, 0.1) is 0 Å². The molecule has 0 N–H and O–H groups in total. The van der Waals surface area contributed by atoms with Gasteiger partial charge in [0, 0.05) is 38.8 Å². The number of hydrogen-bond donors (Lipinski definition) is 0. The summed E-state index contributed by atoms with van der Waals surface area (Å²) < 4.78 is 2.40. The number of aromatic nitrogens is 1. The molecule has 1 aromatic heterocycles. The molecule has 1 spiro atoms. The van der Waals surface area contributed by atoms with Gasteiger partial charge in [-0.1, -0.05) is 201 Å². The second-order valence-electron chi connectivity index (χ2n) is 18.3. The van der Waals surface area contributed by atoms with Crippen LogP contribution in [0.25, 0.3) is 83.1 Å². The normalized spacial score (nSPS) is 13.6. The van der Waals surface area contributed by atoms with Gasteiger partial charge in [-0.3, -0.25) is 0 Å². The fourth-order valence-electron chi connectivity index (χ4n) is 11.8. The summed E-state index contributed by atoms with van der Waals surface area (Å²) in [6.07, 6.45) is 4.89. The second-order valence-corrected chi connectivity index (χ2v) is 18.3. The molecule has 2 aliphatic rings. The third kappa shape index (κ3) is 6.39. The molecule has 0 bridgehead atoms. The standard InChI is InChI=1S/C65H48N2/c1-3-19-46(20-4-1)51-23-7-8-24-52(51)53-25-9-10-26-54(53)57-28-12-15-31-62(57)66(50-38-40-56-55-27-11-14-30-60(55)65(61(56)44-50)41-17-18-42-65)49-36-33-45(34-37-49)47-35-39-59-58-29-13-16-32-63(58)67(64(59)43-47)48-21-5-2-6-22-48/h1-16,19-40,43-44H,17-18,41-42H2. The van der Waals surface area contributed by atoms with Crippen LogP contribution in [0.5, 0.6) is 0 Å². The summed E-state index contributed by atoms with van der Waals surface area (Å²) in [5, 5.41) is 2.52. The van der Waals surface area contributed by atoms with Gasteiger partial charge < -0.3 is 9.47 Å². The first-order valence-electron chi connectivity index (χ1n) is 23.8. The minimum absolute atomic E-state index is 0.0472. The Kier molecular flexibility index (Phi) is 9.39. The summed E-state index contributed by atoms with van der Waals surface area (Å²) >= 11 is 0. The monoisotopic (exact) mass is 856 g/mol. The number of hydrogen-bond acceptors (Lipinski definition) is 1. The molecule has 2 aliphatic carbocycles. The average Bonchev–Trinajstić information content (AvgIpc) is 4.11. The van der Waals surface area contributed by atoms with E-state index in [1.54, 1.807) is 0 Å². The lowest BCUT2D eigenvalue weighted by atomic mass is 9.76. The fourth-order valence-corrected chi connectivity index (χ4v) is 11.8. The Morgan fingerprint density at radius 1 is 0.328 bits per heavy atom. The van der Waals surface area contributed by atoms with Crippen molar-refractivity contribution in [2.45, 2.75) is 31.1 Å². The Labute approximate surface area is 392 Å². The van der Waals surface area contributed by atoms with Gasteiger partial charge in [0.25, 0.3) is 0 Å². The van der Waals surface area contributed by atoms with Gasteiger partial charge in [0.05, 0.1) is 16.7 Å². The predicted octanol–water partition coefficient (Wildman–Crippen LogP) is 17.8. The van der Waals surface area contributed by atoms with Crippen LogP contribution in [0.4, 0.5) is 17.1 Å². The van der Waals surface area contributed by atoms with Crippen molar-refractivity contribution in [2.75, 3.05) is 4.90 Å². The predicted molar refractivity (Wildman–Crippen MR) is 282 cm³/mol. The number of benzene rings is 10. The van der Waals surface area contributed by atoms with Gasteiger partial charge in [-0.05, 0) is 129 Å². The van der Waals surface area contributed by atoms with Gasteiger partial charge in [0.1, 0.15) is 0 Å². The maximum absolute atomic E-state index is 2.54. The molecular weight excluding hydrogens is 809 g/mol. The minimum Gasteiger partial charge on any atom is -0.310 e. The summed E-state index contributed by atoms with van der Waals surface area (Å²) in [4.78, 5) is 2.52. The van der Waals surface area contributed by atoms with Crippen molar-refractivity contribution < 1.29 is 0 Å². The first kappa shape index (κ1) is 39.2. The summed E-state index contributed by atoms with van der Waals surface area (Å²) in [5.41, 5.74) is 22.5. The molecule has 0 saturated heterocycles. The largest absolute Gasteiger partial charge is 0.310 e. The number of nitrogens with zero attached hydrogens (tertiary/aromatic N) is 2. The van der Waals surface area contributed by atoms with Gasteiger partial charge >= 0.3 is 0 Å². The van der Waals surface area contributed by atoms with Crippen molar-refractivity contribution in [1.82, 2.24) is 4.57 Å². The Balaban J connectivity index is 0.982. The summed E-state index contributed by atoms with van der Waals surface area (Å²) in [5.74, 6) is 0. The van der Waals surface area contributed by atoms with E-state index in [4.69, 9.17) is 0 Å². The van der Waals surface area contributed by atoms with Crippen molar-refractivity contribution >= 4 is 38.9 Å². The van der Waals surface area contributed by atoms with Gasteiger partial charge in [-0.2, -0.15) is 0 Å². The van der Waals surface area contributed by atoms with E-state index in [-0.39, 0.29) is 5.41 Å². The highest BCUT2D eigenvalue weighted by atomic mass is 15.1. The smallest absolute Gasteiger partial charge is 0.0547 e. The summed E-state index contributed by atoms with van der Waals surface area (Å²) in [7, 11) is 0. The van der Waals surface area contributed by atoms with Gasteiger partial charge in [-0.15, -0.1) is 0 Å². The van der Waals surface area contributed by atoms with Crippen LogP contribution in [0.3, 0.4) is 0 Å². The lowest BCUT2D eigenvalue weighted by Crippen LogP contribution is -2.21. The molecule has 0 atom stereocenters.